The summed E-state index contributed by atoms with van der Waals surface area (Å²) >= 11 is 0. The van der Waals surface area contributed by atoms with Crippen LogP contribution in [0, 0.1) is 6.92 Å². The second kappa shape index (κ2) is 10.9. The molecule has 3 rings (SSSR count). The largest absolute Gasteiger partial charge is 0.490 e. The Balaban J connectivity index is 0.00000107. The maximum absolute atomic E-state index is 12.4. The number of aromatic nitrogens is 1. The Bertz CT molecular complexity index is 930. The molecule has 0 aliphatic heterocycles. The number of hydrogen-bond acceptors (Lipinski definition) is 7. The molecule has 0 unspecified atom stereocenters. The van der Waals surface area contributed by atoms with Crippen molar-refractivity contribution in [2.45, 2.75) is 71.1 Å². The minimum absolute atomic E-state index is 0.0537. The first-order chi connectivity index (χ1) is 14.7. The minimum atomic E-state index is -0.798. The summed E-state index contributed by atoms with van der Waals surface area (Å²) in [5, 5.41) is 4.00. The lowest BCUT2D eigenvalue weighted by Gasteiger charge is -2.32. The highest BCUT2D eigenvalue weighted by molar-refractivity contribution is 5.95. The van der Waals surface area contributed by atoms with E-state index >= 15 is 0 Å². The van der Waals surface area contributed by atoms with E-state index in [1.165, 1.54) is 0 Å². The summed E-state index contributed by atoms with van der Waals surface area (Å²) in [6.45, 7) is 7.96. The van der Waals surface area contributed by atoms with E-state index in [0.717, 1.165) is 48.0 Å². The number of amides is 1. The molecule has 0 spiro atoms. The van der Waals surface area contributed by atoms with Crippen LogP contribution in [-0.4, -0.2) is 41.4 Å². The van der Waals surface area contributed by atoms with E-state index in [0.29, 0.717) is 12.3 Å². The van der Waals surface area contributed by atoms with Crippen molar-refractivity contribution in [1.29, 1.82) is 0 Å². The van der Waals surface area contributed by atoms with Crippen molar-refractivity contribution < 1.29 is 23.9 Å². The fourth-order valence-electron chi connectivity index (χ4n) is 3.81. The lowest BCUT2D eigenvalue weighted by Crippen LogP contribution is -2.49. The Hall–Kier alpha value is -2.96. The summed E-state index contributed by atoms with van der Waals surface area (Å²) in [5.74, 6) is 0.731. The molecule has 0 bridgehead atoms. The van der Waals surface area contributed by atoms with Crippen molar-refractivity contribution in [3.63, 3.8) is 0 Å². The molecule has 1 aliphatic rings. The summed E-state index contributed by atoms with van der Waals surface area (Å²) in [6.07, 6.45) is 3.90. The zero-order valence-electron chi connectivity index (χ0n) is 18.6. The molecular formula is C23H31N3O5. The molecule has 168 valence electrons. The van der Waals surface area contributed by atoms with Gasteiger partial charge in [0.05, 0.1) is 17.0 Å². The third kappa shape index (κ3) is 6.51. The number of nitrogens with two attached hydrogens (primary N) is 1. The van der Waals surface area contributed by atoms with E-state index in [2.05, 4.69) is 10.3 Å². The maximum atomic E-state index is 12.4. The number of benzene rings is 1. The van der Waals surface area contributed by atoms with Gasteiger partial charge in [0.1, 0.15) is 11.4 Å². The number of pyridine rings is 1. The average molecular weight is 430 g/mol. The number of fused-ring (bicyclic) bond motifs is 1. The van der Waals surface area contributed by atoms with E-state index < -0.39 is 5.60 Å². The van der Waals surface area contributed by atoms with Crippen LogP contribution in [0.4, 0.5) is 5.69 Å². The number of carbonyl (C=O) groups is 1. The number of carbonyl (C=O) groups excluding carboxylic acids is 3. The van der Waals surface area contributed by atoms with Crippen molar-refractivity contribution >= 4 is 28.6 Å². The van der Waals surface area contributed by atoms with Crippen LogP contribution in [0.1, 0.15) is 52.1 Å². The minimum Gasteiger partial charge on any atom is -0.490 e. The molecular weight excluding hydrogens is 398 g/mol. The van der Waals surface area contributed by atoms with Crippen LogP contribution in [0.5, 0.6) is 5.75 Å². The number of ether oxygens (including phenoxy) is 2. The maximum Gasteiger partial charge on any atom is 0.373 e. The summed E-state index contributed by atoms with van der Waals surface area (Å²) in [6, 6.07) is 7.90. The van der Waals surface area contributed by atoms with Crippen LogP contribution >= 0.6 is 0 Å². The first kappa shape index (κ1) is 24.3. The topological polar surface area (TPSA) is 121 Å². The second-order valence-corrected chi connectivity index (χ2v) is 8.09. The van der Waals surface area contributed by atoms with Gasteiger partial charge in [-0.3, -0.25) is 9.78 Å². The number of rotatable bonds is 6. The molecule has 3 N–H and O–H groups in total. The summed E-state index contributed by atoms with van der Waals surface area (Å²) < 4.78 is 11.8. The third-order valence-electron chi connectivity index (χ3n) is 5.31. The molecule has 8 nitrogen and oxygen atoms in total. The lowest BCUT2D eigenvalue weighted by atomic mass is 9.92. The van der Waals surface area contributed by atoms with Crippen LogP contribution in [0.25, 0.3) is 10.9 Å². The SMILES string of the molecule is CCOC(C)(C)C(=O)NC1CCC(Oc2cccc3nc(C)cc(N)c23)CC1.O=C=O. The fourth-order valence-corrected chi connectivity index (χ4v) is 3.81. The second-order valence-electron chi connectivity index (χ2n) is 8.09. The Labute approximate surface area is 182 Å². The molecule has 0 radical (unpaired) electrons. The number of nitrogens with zero attached hydrogens (tertiary/aromatic N) is 1. The molecule has 1 aromatic heterocycles. The van der Waals surface area contributed by atoms with E-state index in [1.54, 1.807) is 13.8 Å². The molecule has 2 aromatic rings. The third-order valence-corrected chi connectivity index (χ3v) is 5.31. The lowest BCUT2D eigenvalue weighted by molar-refractivity contribution is -0.191. The van der Waals surface area contributed by atoms with Crippen molar-refractivity contribution in [3.05, 3.63) is 30.0 Å². The monoisotopic (exact) mass is 429 g/mol. The van der Waals surface area contributed by atoms with Gasteiger partial charge in [-0.25, -0.2) is 0 Å². The molecule has 1 saturated carbocycles. The smallest absolute Gasteiger partial charge is 0.373 e. The van der Waals surface area contributed by atoms with Crippen LogP contribution in [-0.2, 0) is 19.1 Å². The molecule has 8 heteroatoms. The van der Waals surface area contributed by atoms with Crippen molar-refractivity contribution in [1.82, 2.24) is 10.3 Å². The quantitative estimate of drug-likeness (QED) is 0.723. The van der Waals surface area contributed by atoms with E-state index in [-0.39, 0.29) is 24.2 Å². The van der Waals surface area contributed by atoms with Gasteiger partial charge in [0.2, 0.25) is 0 Å². The molecule has 1 heterocycles. The molecule has 31 heavy (non-hydrogen) atoms. The zero-order chi connectivity index (χ0) is 23.0. The van der Waals surface area contributed by atoms with Crippen molar-refractivity contribution in [3.8, 4) is 5.75 Å². The van der Waals surface area contributed by atoms with Crippen LogP contribution < -0.4 is 15.8 Å². The van der Waals surface area contributed by atoms with Gasteiger partial charge in [0, 0.05) is 24.0 Å². The van der Waals surface area contributed by atoms with Gasteiger partial charge in [-0.15, -0.1) is 0 Å². The van der Waals surface area contributed by atoms with Gasteiger partial charge < -0.3 is 20.5 Å². The Kier molecular flexibility index (Phi) is 8.54. The Morgan fingerprint density at radius 1 is 1.26 bits per heavy atom. The van der Waals surface area contributed by atoms with Crippen molar-refractivity contribution in [2.24, 2.45) is 0 Å². The van der Waals surface area contributed by atoms with E-state index in [4.69, 9.17) is 24.8 Å². The summed E-state index contributed by atoms with van der Waals surface area (Å²) in [4.78, 5) is 33.2. The van der Waals surface area contributed by atoms with Crippen LogP contribution in [0.15, 0.2) is 24.3 Å². The fraction of sp³-hybridized carbons (Fsp3) is 0.522. The summed E-state index contributed by atoms with van der Waals surface area (Å²) in [5.41, 5.74) is 7.87. The molecule has 1 aromatic carbocycles. The first-order valence-electron chi connectivity index (χ1n) is 10.5. The zero-order valence-corrected chi connectivity index (χ0v) is 18.6. The number of nitrogen functional groups attached to an aromatic ring is 1. The van der Waals surface area contributed by atoms with Crippen LogP contribution in [0.3, 0.4) is 0 Å². The molecule has 1 fully saturated rings. The Morgan fingerprint density at radius 3 is 2.52 bits per heavy atom. The highest BCUT2D eigenvalue weighted by Crippen LogP contribution is 2.33. The van der Waals surface area contributed by atoms with Gasteiger partial charge in [0.15, 0.2) is 0 Å². The molecule has 1 amide bonds. The Morgan fingerprint density at radius 2 is 1.90 bits per heavy atom. The van der Waals surface area contributed by atoms with Gasteiger partial charge in [-0.2, -0.15) is 9.59 Å². The predicted octanol–water partition coefficient (Wildman–Crippen LogP) is 3.16. The summed E-state index contributed by atoms with van der Waals surface area (Å²) in [7, 11) is 0. The van der Waals surface area contributed by atoms with E-state index in [1.807, 2.05) is 38.1 Å². The predicted molar refractivity (Wildman–Crippen MR) is 116 cm³/mol. The number of hydrogen-bond donors (Lipinski definition) is 2. The van der Waals surface area contributed by atoms with Crippen LogP contribution in [0.2, 0.25) is 0 Å². The normalized spacial score (nSPS) is 18.5. The molecule has 0 atom stereocenters. The number of anilines is 1. The molecule has 0 saturated heterocycles. The molecule has 1 aliphatic carbocycles. The highest BCUT2D eigenvalue weighted by atomic mass is 16.5. The standard InChI is InChI=1S/C22H31N3O3.CO2/c1-5-27-22(3,4)21(26)25-15-9-11-16(12-10-15)28-19-8-6-7-18-20(19)17(23)13-14(2)24-18;2-1-3/h6-8,13,15-16H,5,9-12H2,1-4H3,(H2,23,24)(H,25,26);. The van der Waals surface area contributed by atoms with Gasteiger partial charge in [0.25, 0.3) is 5.91 Å². The van der Waals surface area contributed by atoms with E-state index in [9.17, 15) is 4.79 Å². The first-order valence-corrected chi connectivity index (χ1v) is 10.5. The average Bonchev–Trinajstić information content (AvgIpc) is 2.69. The van der Waals surface area contributed by atoms with Gasteiger partial charge in [-0.05, 0) is 71.6 Å². The van der Waals surface area contributed by atoms with Gasteiger partial charge in [-0.1, -0.05) is 6.07 Å². The number of nitrogens with one attached hydrogen (secondary N) is 1. The number of aryl methyl sites for hydroxylation is 1. The highest BCUT2D eigenvalue weighted by Gasteiger charge is 2.31. The van der Waals surface area contributed by atoms with Crippen molar-refractivity contribution in [2.75, 3.05) is 12.3 Å². The van der Waals surface area contributed by atoms with Gasteiger partial charge >= 0.3 is 6.15 Å².